The molecule has 1 aliphatic heterocycles. The average Bonchev–Trinajstić information content (AvgIpc) is 2.48. The first-order valence-electron chi connectivity index (χ1n) is 7.70. The summed E-state index contributed by atoms with van der Waals surface area (Å²) in [6.07, 6.45) is 1.39. The Morgan fingerprint density at radius 1 is 1.23 bits per heavy atom. The van der Waals surface area contributed by atoms with Gasteiger partial charge in [0.15, 0.2) is 0 Å². The first kappa shape index (κ1) is 19.1. The zero-order chi connectivity index (χ0) is 15.2. The van der Waals surface area contributed by atoms with E-state index in [1.54, 1.807) is 0 Å². The zero-order valence-corrected chi connectivity index (χ0v) is 14.8. The number of rotatable bonds is 5. The van der Waals surface area contributed by atoms with Gasteiger partial charge in [0.2, 0.25) is 5.91 Å². The molecule has 1 aromatic rings. The number of nitrogens with zero attached hydrogens (tertiary/aromatic N) is 2. The highest BCUT2D eigenvalue weighted by Crippen LogP contribution is 2.29. The van der Waals surface area contributed by atoms with E-state index in [0.29, 0.717) is 11.4 Å². The fourth-order valence-electron chi connectivity index (χ4n) is 2.60. The van der Waals surface area contributed by atoms with Crippen LogP contribution in [0.25, 0.3) is 0 Å². The molecule has 0 bridgehead atoms. The Balaban J connectivity index is 0.00000242. The van der Waals surface area contributed by atoms with Gasteiger partial charge in [0.25, 0.3) is 0 Å². The number of likely N-dealkylation sites (N-methyl/N-ethyl adjacent to an activating group) is 1. The molecule has 0 spiro atoms. The van der Waals surface area contributed by atoms with Gasteiger partial charge in [-0.25, -0.2) is 0 Å². The van der Waals surface area contributed by atoms with E-state index in [2.05, 4.69) is 22.0 Å². The summed E-state index contributed by atoms with van der Waals surface area (Å²) in [5.41, 5.74) is 1.83. The zero-order valence-electron chi connectivity index (χ0n) is 13.3. The molecule has 1 fully saturated rings. The molecular weight excluding hydrogens is 321 g/mol. The highest BCUT2D eigenvalue weighted by atomic mass is 35.5. The van der Waals surface area contributed by atoms with Gasteiger partial charge < -0.3 is 15.1 Å². The normalized spacial score (nSPS) is 15.3. The first-order valence-corrected chi connectivity index (χ1v) is 8.08. The van der Waals surface area contributed by atoms with Crippen LogP contribution in [0.5, 0.6) is 0 Å². The van der Waals surface area contributed by atoms with E-state index >= 15 is 0 Å². The van der Waals surface area contributed by atoms with Crippen molar-refractivity contribution in [3.63, 3.8) is 0 Å². The van der Waals surface area contributed by atoms with Gasteiger partial charge in [-0.3, -0.25) is 4.79 Å². The molecule has 0 saturated carbocycles. The maximum Gasteiger partial charge on any atom is 0.224 e. The predicted octanol–water partition coefficient (Wildman–Crippen LogP) is 3.64. The third-order valence-corrected chi connectivity index (χ3v) is 4.17. The number of anilines is 2. The topological polar surface area (TPSA) is 35.6 Å². The summed E-state index contributed by atoms with van der Waals surface area (Å²) in [6.45, 7) is 9.42. The molecule has 1 heterocycles. The van der Waals surface area contributed by atoms with Gasteiger partial charge in [-0.2, -0.15) is 0 Å². The van der Waals surface area contributed by atoms with Crippen molar-refractivity contribution in [3.8, 4) is 0 Å². The Hall–Kier alpha value is -0.970. The molecule has 0 atom stereocenters. The first-order chi connectivity index (χ1) is 10.1. The Morgan fingerprint density at radius 2 is 1.91 bits per heavy atom. The van der Waals surface area contributed by atoms with Crippen molar-refractivity contribution in [2.75, 3.05) is 42.9 Å². The lowest BCUT2D eigenvalue weighted by Crippen LogP contribution is -2.46. The summed E-state index contributed by atoms with van der Waals surface area (Å²) in [7, 11) is 0. The number of benzene rings is 1. The molecule has 1 aromatic carbocycles. The Kier molecular flexibility index (Phi) is 8.01. The summed E-state index contributed by atoms with van der Waals surface area (Å²) in [5.74, 6) is 0.0397. The quantitative estimate of drug-likeness (QED) is 0.884. The van der Waals surface area contributed by atoms with Gasteiger partial charge >= 0.3 is 0 Å². The minimum atomic E-state index is 0. The maximum atomic E-state index is 11.6. The lowest BCUT2D eigenvalue weighted by Gasteiger charge is -2.36. The van der Waals surface area contributed by atoms with Crippen LogP contribution in [0.15, 0.2) is 18.2 Å². The van der Waals surface area contributed by atoms with Crippen LogP contribution in [0.2, 0.25) is 5.02 Å². The van der Waals surface area contributed by atoms with Crippen LogP contribution in [0, 0.1) is 0 Å². The largest absolute Gasteiger partial charge is 0.368 e. The van der Waals surface area contributed by atoms with Crippen molar-refractivity contribution in [2.24, 2.45) is 0 Å². The minimum Gasteiger partial charge on any atom is -0.368 e. The van der Waals surface area contributed by atoms with E-state index in [4.69, 9.17) is 11.6 Å². The van der Waals surface area contributed by atoms with Crippen LogP contribution in [0.3, 0.4) is 0 Å². The molecule has 0 unspecified atom stereocenters. The maximum absolute atomic E-state index is 11.6. The van der Waals surface area contributed by atoms with Crippen molar-refractivity contribution in [1.29, 1.82) is 0 Å². The fourth-order valence-corrected chi connectivity index (χ4v) is 2.90. The molecule has 0 aromatic heterocycles. The fraction of sp³-hybridized carbons (Fsp3) is 0.562. The molecule has 1 amide bonds. The van der Waals surface area contributed by atoms with Crippen molar-refractivity contribution in [3.05, 3.63) is 23.2 Å². The van der Waals surface area contributed by atoms with Gasteiger partial charge in [-0.1, -0.05) is 25.4 Å². The third-order valence-electron chi connectivity index (χ3n) is 3.87. The minimum absolute atomic E-state index is 0. The number of piperazine rings is 1. The van der Waals surface area contributed by atoms with Crippen molar-refractivity contribution < 1.29 is 4.79 Å². The molecule has 1 aliphatic rings. The number of carbonyl (C=O) groups excluding carboxylic acids is 1. The number of halogens is 2. The number of carbonyl (C=O) groups is 1. The van der Waals surface area contributed by atoms with Gasteiger partial charge in [0.05, 0.1) is 10.7 Å². The number of amides is 1. The van der Waals surface area contributed by atoms with E-state index in [1.807, 2.05) is 25.1 Å². The molecule has 6 heteroatoms. The Labute approximate surface area is 144 Å². The Morgan fingerprint density at radius 3 is 2.45 bits per heavy atom. The number of nitrogens with one attached hydrogen (secondary N) is 1. The molecule has 1 N–H and O–H groups in total. The smallest absolute Gasteiger partial charge is 0.224 e. The molecule has 1 saturated heterocycles. The molecule has 124 valence electrons. The van der Waals surface area contributed by atoms with Crippen LogP contribution < -0.4 is 10.2 Å². The molecular formula is C16H25Cl2N3O. The summed E-state index contributed by atoms with van der Waals surface area (Å²) in [5, 5.41) is 3.58. The van der Waals surface area contributed by atoms with Crippen molar-refractivity contribution in [2.45, 2.75) is 26.7 Å². The Bertz CT molecular complexity index is 488. The van der Waals surface area contributed by atoms with Crippen molar-refractivity contribution >= 4 is 41.3 Å². The van der Waals surface area contributed by atoms with E-state index in [9.17, 15) is 4.79 Å². The van der Waals surface area contributed by atoms with Crippen LogP contribution >= 0.6 is 24.0 Å². The van der Waals surface area contributed by atoms with Gasteiger partial charge in [0.1, 0.15) is 0 Å². The van der Waals surface area contributed by atoms with E-state index in [-0.39, 0.29) is 18.3 Å². The average molecular weight is 346 g/mol. The van der Waals surface area contributed by atoms with Gasteiger partial charge in [-0.05, 0) is 31.2 Å². The molecule has 2 rings (SSSR count). The summed E-state index contributed by atoms with van der Waals surface area (Å²) >= 11 is 6.39. The summed E-state index contributed by atoms with van der Waals surface area (Å²) < 4.78 is 0. The van der Waals surface area contributed by atoms with Gasteiger partial charge in [0, 0.05) is 38.3 Å². The van der Waals surface area contributed by atoms with E-state index in [0.717, 1.165) is 50.5 Å². The van der Waals surface area contributed by atoms with Crippen LogP contribution in [-0.4, -0.2) is 43.5 Å². The molecule has 0 aliphatic carbocycles. The summed E-state index contributed by atoms with van der Waals surface area (Å²) in [4.78, 5) is 16.4. The highest BCUT2D eigenvalue weighted by molar-refractivity contribution is 6.33. The standard InChI is InChI=1S/C16H24ClN3O.ClH/c1-3-5-16(21)18-13-6-7-15(14(17)12-13)20-10-8-19(4-2)9-11-20;/h6-7,12H,3-5,8-11H2,1-2H3,(H,18,21);1H. The summed E-state index contributed by atoms with van der Waals surface area (Å²) in [6, 6.07) is 5.78. The second-order valence-corrected chi connectivity index (χ2v) is 5.79. The third kappa shape index (κ3) is 5.04. The van der Waals surface area contributed by atoms with Crippen LogP contribution in [0.1, 0.15) is 26.7 Å². The SMILES string of the molecule is CCCC(=O)Nc1ccc(N2CCN(CC)CC2)c(Cl)c1.Cl. The molecule has 4 nitrogen and oxygen atoms in total. The molecule has 0 radical (unpaired) electrons. The van der Waals surface area contributed by atoms with Gasteiger partial charge in [-0.15, -0.1) is 12.4 Å². The highest BCUT2D eigenvalue weighted by Gasteiger charge is 2.18. The lowest BCUT2D eigenvalue weighted by molar-refractivity contribution is -0.116. The van der Waals surface area contributed by atoms with Crippen LogP contribution in [0.4, 0.5) is 11.4 Å². The van der Waals surface area contributed by atoms with Crippen LogP contribution in [-0.2, 0) is 4.79 Å². The van der Waals surface area contributed by atoms with Crippen molar-refractivity contribution in [1.82, 2.24) is 4.90 Å². The van der Waals surface area contributed by atoms with E-state index < -0.39 is 0 Å². The number of hydrogen-bond donors (Lipinski definition) is 1. The second kappa shape index (κ2) is 9.23. The monoisotopic (exact) mass is 345 g/mol. The van der Waals surface area contributed by atoms with E-state index in [1.165, 1.54) is 0 Å². The second-order valence-electron chi connectivity index (χ2n) is 5.39. The molecule has 22 heavy (non-hydrogen) atoms. The lowest BCUT2D eigenvalue weighted by atomic mass is 10.2. The number of hydrogen-bond acceptors (Lipinski definition) is 3. The predicted molar refractivity (Wildman–Crippen MR) is 96.6 cm³/mol.